The summed E-state index contributed by atoms with van der Waals surface area (Å²) in [6.45, 7) is 4.81. The summed E-state index contributed by atoms with van der Waals surface area (Å²) in [5.41, 5.74) is 1.08. The molecule has 0 aliphatic carbocycles. The highest BCUT2D eigenvalue weighted by Gasteiger charge is 2.24. The minimum Gasteiger partial charge on any atom is -0.489 e. The molecule has 1 atom stereocenters. The fourth-order valence-electron chi connectivity index (χ4n) is 2.55. The highest BCUT2D eigenvalue weighted by molar-refractivity contribution is 5.21. The molecule has 2 aromatic rings. The van der Waals surface area contributed by atoms with Gasteiger partial charge in [0.05, 0.1) is 5.69 Å². The topological polar surface area (TPSA) is 38.2 Å². The Morgan fingerprint density at radius 3 is 2.90 bits per heavy atom. The summed E-state index contributed by atoms with van der Waals surface area (Å²) in [5.74, 6) is 1.79. The fourth-order valence-corrected chi connectivity index (χ4v) is 2.55. The molecule has 0 unspecified atom stereocenters. The smallest absolute Gasteiger partial charge is 0.125 e. The van der Waals surface area contributed by atoms with E-state index in [0.717, 1.165) is 43.3 Å². The maximum Gasteiger partial charge on any atom is 0.125 e. The van der Waals surface area contributed by atoms with Crippen molar-refractivity contribution in [3.05, 3.63) is 54.1 Å². The average Bonchev–Trinajstić information content (AvgIpc) is 2.87. The van der Waals surface area contributed by atoms with Gasteiger partial charge in [-0.3, -0.25) is 4.90 Å². The molecule has 20 heavy (non-hydrogen) atoms. The molecule has 1 saturated heterocycles. The minimum atomic E-state index is 0.278. The van der Waals surface area contributed by atoms with Crippen molar-refractivity contribution in [1.29, 1.82) is 0 Å². The second-order valence-corrected chi connectivity index (χ2v) is 5.17. The van der Waals surface area contributed by atoms with Crippen LogP contribution < -0.4 is 4.74 Å². The molecule has 4 heteroatoms. The lowest BCUT2D eigenvalue weighted by Gasteiger charge is -2.16. The Hall–Kier alpha value is -1.94. The number of rotatable bonds is 4. The number of ether oxygens (including phenoxy) is 1. The van der Waals surface area contributed by atoms with E-state index < -0.39 is 0 Å². The number of aromatic nitrogens is 2. The SMILES string of the molecule is Cc1nccc(CN2CC[C@H](Oc3ccccc3)C2)n1. The summed E-state index contributed by atoms with van der Waals surface area (Å²) in [4.78, 5) is 11.0. The van der Waals surface area contributed by atoms with E-state index in [-0.39, 0.29) is 6.10 Å². The Balaban J connectivity index is 1.54. The van der Waals surface area contributed by atoms with Gasteiger partial charge in [0.15, 0.2) is 0 Å². The molecule has 0 amide bonds. The van der Waals surface area contributed by atoms with Crippen LogP contribution in [0.25, 0.3) is 0 Å². The van der Waals surface area contributed by atoms with Gasteiger partial charge in [0.2, 0.25) is 0 Å². The first-order valence-electron chi connectivity index (χ1n) is 7.02. The molecule has 0 saturated carbocycles. The highest BCUT2D eigenvalue weighted by Crippen LogP contribution is 2.19. The van der Waals surface area contributed by atoms with Crippen LogP contribution in [0.2, 0.25) is 0 Å². The van der Waals surface area contributed by atoms with Crippen molar-refractivity contribution in [1.82, 2.24) is 14.9 Å². The van der Waals surface area contributed by atoms with Crippen LogP contribution in [0.5, 0.6) is 5.75 Å². The molecule has 1 fully saturated rings. The van der Waals surface area contributed by atoms with Crippen LogP contribution in [0.3, 0.4) is 0 Å². The monoisotopic (exact) mass is 269 g/mol. The number of hydrogen-bond donors (Lipinski definition) is 0. The Morgan fingerprint density at radius 2 is 2.10 bits per heavy atom. The second kappa shape index (κ2) is 6.01. The molecule has 0 spiro atoms. The first kappa shape index (κ1) is 13.1. The van der Waals surface area contributed by atoms with Crippen LogP contribution in [-0.2, 0) is 6.54 Å². The third-order valence-corrected chi connectivity index (χ3v) is 3.49. The molecule has 3 rings (SSSR count). The van der Waals surface area contributed by atoms with E-state index >= 15 is 0 Å². The van der Waals surface area contributed by atoms with Crippen molar-refractivity contribution in [2.75, 3.05) is 13.1 Å². The molecule has 1 aromatic carbocycles. The Labute approximate surface area is 119 Å². The van der Waals surface area contributed by atoms with E-state index in [9.17, 15) is 0 Å². The van der Waals surface area contributed by atoms with Crippen LogP contribution in [0.4, 0.5) is 0 Å². The van der Waals surface area contributed by atoms with Crippen LogP contribution >= 0.6 is 0 Å². The molecule has 1 aromatic heterocycles. The largest absolute Gasteiger partial charge is 0.489 e. The number of para-hydroxylation sites is 1. The van der Waals surface area contributed by atoms with Crippen molar-refractivity contribution in [2.45, 2.75) is 26.0 Å². The Morgan fingerprint density at radius 1 is 1.25 bits per heavy atom. The lowest BCUT2D eigenvalue weighted by molar-refractivity contribution is 0.198. The van der Waals surface area contributed by atoms with E-state index in [0.29, 0.717) is 0 Å². The summed E-state index contributed by atoms with van der Waals surface area (Å²) in [5, 5.41) is 0. The van der Waals surface area contributed by atoms with Gasteiger partial charge < -0.3 is 4.74 Å². The van der Waals surface area contributed by atoms with Crippen molar-refractivity contribution >= 4 is 0 Å². The van der Waals surface area contributed by atoms with E-state index in [4.69, 9.17) is 4.74 Å². The van der Waals surface area contributed by atoms with E-state index in [1.165, 1.54) is 0 Å². The van der Waals surface area contributed by atoms with Gasteiger partial charge in [-0.2, -0.15) is 0 Å². The first-order chi connectivity index (χ1) is 9.79. The maximum atomic E-state index is 5.99. The van der Waals surface area contributed by atoms with Crippen molar-refractivity contribution in [2.24, 2.45) is 0 Å². The van der Waals surface area contributed by atoms with Crippen molar-refractivity contribution < 1.29 is 4.74 Å². The third-order valence-electron chi connectivity index (χ3n) is 3.49. The zero-order valence-electron chi connectivity index (χ0n) is 11.7. The van der Waals surface area contributed by atoms with Gasteiger partial charge in [-0.25, -0.2) is 9.97 Å². The third kappa shape index (κ3) is 3.33. The van der Waals surface area contributed by atoms with E-state index in [2.05, 4.69) is 14.9 Å². The molecule has 1 aliphatic rings. The maximum absolute atomic E-state index is 5.99. The predicted octanol–water partition coefficient (Wildman–Crippen LogP) is 2.44. The number of likely N-dealkylation sites (tertiary alicyclic amines) is 1. The van der Waals surface area contributed by atoms with Gasteiger partial charge in [0, 0.05) is 25.8 Å². The lowest BCUT2D eigenvalue weighted by Crippen LogP contribution is -2.25. The normalized spacial score (nSPS) is 19.1. The number of hydrogen-bond acceptors (Lipinski definition) is 4. The molecule has 0 radical (unpaired) electrons. The molecule has 4 nitrogen and oxygen atoms in total. The number of benzene rings is 1. The summed E-state index contributed by atoms with van der Waals surface area (Å²) >= 11 is 0. The molecular formula is C16H19N3O. The minimum absolute atomic E-state index is 0.278. The first-order valence-corrected chi connectivity index (χ1v) is 7.02. The van der Waals surface area contributed by atoms with Gasteiger partial charge in [-0.1, -0.05) is 18.2 Å². The zero-order chi connectivity index (χ0) is 13.8. The highest BCUT2D eigenvalue weighted by atomic mass is 16.5. The molecular weight excluding hydrogens is 250 g/mol. The summed E-state index contributed by atoms with van der Waals surface area (Å²) in [6.07, 6.45) is 3.17. The summed E-state index contributed by atoms with van der Waals surface area (Å²) in [6, 6.07) is 12.0. The summed E-state index contributed by atoms with van der Waals surface area (Å²) in [7, 11) is 0. The summed E-state index contributed by atoms with van der Waals surface area (Å²) < 4.78 is 5.99. The standard InChI is InChI=1S/C16H19N3O/c1-13-17-9-7-14(18-13)11-19-10-8-16(12-19)20-15-5-3-2-4-6-15/h2-7,9,16H,8,10-12H2,1H3/t16-/m0/s1. The Bertz CT molecular complexity index is 559. The molecule has 1 aliphatic heterocycles. The molecule has 0 N–H and O–H groups in total. The van der Waals surface area contributed by atoms with Crippen LogP contribution in [0, 0.1) is 6.92 Å². The molecule has 104 valence electrons. The predicted molar refractivity (Wildman–Crippen MR) is 77.5 cm³/mol. The van der Waals surface area contributed by atoms with Gasteiger partial charge >= 0.3 is 0 Å². The van der Waals surface area contributed by atoms with Gasteiger partial charge in [0.1, 0.15) is 17.7 Å². The molecule has 0 bridgehead atoms. The van der Waals surface area contributed by atoms with Crippen LogP contribution in [0.15, 0.2) is 42.6 Å². The van der Waals surface area contributed by atoms with Crippen LogP contribution in [-0.4, -0.2) is 34.1 Å². The second-order valence-electron chi connectivity index (χ2n) is 5.17. The average molecular weight is 269 g/mol. The lowest BCUT2D eigenvalue weighted by atomic mass is 10.3. The van der Waals surface area contributed by atoms with E-state index in [1.807, 2.05) is 49.5 Å². The number of aryl methyl sites for hydroxylation is 1. The van der Waals surface area contributed by atoms with Gasteiger partial charge in [-0.15, -0.1) is 0 Å². The van der Waals surface area contributed by atoms with E-state index in [1.54, 1.807) is 0 Å². The van der Waals surface area contributed by atoms with Crippen LogP contribution in [0.1, 0.15) is 17.9 Å². The quantitative estimate of drug-likeness (QED) is 0.854. The van der Waals surface area contributed by atoms with Gasteiger partial charge in [-0.05, 0) is 31.5 Å². The zero-order valence-corrected chi connectivity index (χ0v) is 11.7. The van der Waals surface area contributed by atoms with Crippen molar-refractivity contribution in [3.8, 4) is 5.75 Å². The number of nitrogens with zero attached hydrogens (tertiary/aromatic N) is 3. The van der Waals surface area contributed by atoms with Crippen molar-refractivity contribution in [3.63, 3.8) is 0 Å². The van der Waals surface area contributed by atoms with Gasteiger partial charge in [0.25, 0.3) is 0 Å². The fraction of sp³-hybridized carbons (Fsp3) is 0.375. The Kier molecular flexibility index (Phi) is 3.92. The molecule has 2 heterocycles.